The van der Waals surface area contributed by atoms with E-state index in [1.807, 2.05) is 20.8 Å². The van der Waals surface area contributed by atoms with Crippen LogP contribution in [0, 0.1) is 17.8 Å². The molecule has 15 heavy (non-hydrogen) atoms. The zero-order valence-corrected chi connectivity index (χ0v) is 9.72. The van der Waals surface area contributed by atoms with Crippen LogP contribution in [0.5, 0.6) is 0 Å². The fourth-order valence-corrected chi connectivity index (χ4v) is 2.25. The van der Waals surface area contributed by atoms with Crippen LogP contribution in [0.3, 0.4) is 0 Å². The third-order valence-electron chi connectivity index (χ3n) is 3.16. The molecule has 1 fully saturated rings. The van der Waals surface area contributed by atoms with Crippen LogP contribution in [0.4, 0.5) is 0 Å². The zero-order chi connectivity index (χ0) is 11.5. The van der Waals surface area contributed by atoms with E-state index in [2.05, 4.69) is 5.92 Å². The monoisotopic (exact) mass is 206 g/mol. The van der Waals surface area contributed by atoms with Crippen LogP contribution in [-0.4, -0.2) is 12.6 Å². The second kappa shape index (κ2) is 4.53. The first-order chi connectivity index (χ1) is 7.06. The Balaban J connectivity index is 3.03. The van der Waals surface area contributed by atoms with Crippen molar-refractivity contribution in [2.75, 3.05) is 6.61 Å². The van der Waals surface area contributed by atoms with Gasteiger partial charge in [-0.1, -0.05) is 5.92 Å². The van der Waals surface area contributed by atoms with Crippen molar-refractivity contribution >= 4 is 5.97 Å². The Morgan fingerprint density at radius 2 is 2.33 bits per heavy atom. The van der Waals surface area contributed by atoms with E-state index in [9.17, 15) is 4.79 Å². The second-order valence-electron chi connectivity index (χ2n) is 4.15. The summed E-state index contributed by atoms with van der Waals surface area (Å²) in [5.74, 6) is 2.50. The summed E-state index contributed by atoms with van der Waals surface area (Å²) in [4.78, 5) is 11.9. The molecule has 82 valence electrons. The average Bonchev–Trinajstić information content (AvgIpc) is 2.61. The molecule has 1 aliphatic carbocycles. The quantitative estimate of drug-likeness (QED) is 0.513. The highest BCUT2D eigenvalue weighted by atomic mass is 16.5. The number of esters is 1. The summed E-state index contributed by atoms with van der Waals surface area (Å²) in [6.45, 7) is 6.09. The number of hydrogen-bond donors (Lipinski definition) is 0. The lowest BCUT2D eigenvalue weighted by atomic mass is 9.82. The highest BCUT2D eigenvalue weighted by molar-refractivity contribution is 5.81. The van der Waals surface area contributed by atoms with Gasteiger partial charge in [-0.3, -0.25) is 4.79 Å². The van der Waals surface area contributed by atoms with Crippen molar-refractivity contribution in [1.82, 2.24) is 0 Å². The summed E-state index contributed by atoms with van der Waals surface area (Å²) in [7, 11) is 0. The first kappa shape index (κ1) is 11.8. The van der Waals surface area contributed by atoms with Gasteiger partial charge in [-0.2, -0.15) is 0 Å². The number of carbonyl (C=O) groups is 1. The maximum Gasteiger partial charge on any atom is 0.315 e. The number of ether oxygens (including phenoxy) is 1. The molecule has 1 saturated carbocycles. The molecule has 0 aromatic rings. The van der Waals surface area contributed by atoms with Crippen LogP contribution in [0.25, 0.3) is 0 Å². The molecule has 2 heteroatoms. The van der Waals surface area contributed by atoms with Crippen molar-refractivity contribution in [2.24, 2.45) is 5.41 Å². The first-order valence-electron chi connectivity index (χ1n) is 5.40. The second-order valence-corrected chi connectivity index (χ2v) is 4.15. The predicted molar refractivity (Wildman–Crippen MR) is 60.1 cm³/mol. The van der Waals surface area contributed by atoms with E-state index < -0.39 is 5.41 Å². The summed E-state index contributed by atoms with van der Waals surface area (Å²) < 4.78 is 5.11. The van der Waals surface area contributed by atoms with Crippen molar-refractivity contribution in [3.8, 4) is 12.3 Å². The molecule has 1 unspecified atom stereocenters. The first-order valence-corrected chi connectivity index (χ1v) is 5.40. The molecule has 0 amide bonds. The minimum absolute atomic E-state index is 0.132. The highest BCUT2D eigenvalue weighted by Gasteiger charge is 2.42. The van der Waals surface area contributed by atoms with Gasteiger partial charge in [0.05, 0.1) is 12.0 Å². The fraction of sp³-hybridized carbons (Fsp3) is 0.615. The normalized spacial score (nSPS) is 28.4. The molecule has 0 aromatic carbocycles. The molecule has 0 spiro atoms. The summed E-state index contributed by atoms with van der Waals surface area (Å²) in [6, 6.07) is 0. The Bertz CT molecular complexity index is 333. The van der Waals surface area contributed by atoms with E-state index in [1.165, 1.54) is 0 Å². The van der Waals surface area contributed by atoms with Gasteiger partial charge in [0.2, 0.25) is 0 Å². The van der Waals surface area contributed by atoms with Crippen LogP contribution in [0.1, 0.15) is 40.0 Å². The van der Waals surface area contributed by atoms with Gasteiger partial charge < -0.3 is 4.74 Å². The Kier molecular flexibility index (Phi) is 3.57. The Morgan fingerprint density at radius 1 is 1.67 bits per heavy atom. The molecule has 0 bridgehead atoms. The molecule has 0 heterocycles. The van der Waals surface area contributed by atoms with Crippen molar-refractivity contribution in [1.29, 1.82) is 0 Å². The van der Waals surface area contributed by atoms with Crippen LogP contribution in [-0.2, 0) is 9.53 Å². The fourth-order valence-electron chi connectivity index (χ4n) is 2.25. The minimum Gasteiger partial charge on any atom is -0.465 e. The molecule has 0 N–H and O–H groups in total. The molecule has 0 saturated heterocycles. The molecular formula is C13H18O2. The van der Waals surface area contributed by atoms with Gasteiger partial charge in [-0.15, -0.1) is 6.42 Å². The van der Waals surface area contributed by atoms with E-state index in [0.717, 1.165) is 30.4 Å². The molecular weight excluding hydrogens is 188 g/mol. The molecule has 1 rings (SSSR count). The third-order valence-corrected chi connectivity index (χ3v) is 3.16. The van der Waals surface area contributed by atoms with Gasteiger partial charge in [0.15, 0.2) is 0 Å². The molecule has 0 aromatic heterocycles. The van der Waals surface area contributed by atoms with Gasteiger partial charge in [-0.25, -0.2) is 0 Å². The molecule has 0 aliphatic heterocycles. The standard InChI is InChI=1S/C13H18O2/c1-5-10(3)11-8-7-9-13(11,4)12(14)15-6-2/h1H,6-9H2,2-4H3/b11-10-. The van der Waals surface area contributed by atoms with Crippen LogP contribution < -0.4 is 0 Å². The highest BCUT2D eigenvalue weighted by Crippen LogP contribution is 2.45. The maximum absolute atomic E-state index is 11.9. The van der Waals surface area contributed by atoms with Crippen molar-refractivity contribution < 1.29 is 9.53 Å². The van der Waals surface area contributed by atoms with Gasteiger partial charge >= 0.3 is 5.97 Å². The number of rotatable bonds is 2. The van der Waals surface area contributed by atoms with Crippen LogP contribution in [0.15, 0.2) is 11.1 Å². The van der Waals surface area contributed by atoms with E-state index in [4.69, 9.17) is 11.2 Å². The van der Waals surface area contributed by atoms with Crippen LogP contribution >= 0.6 is 0 Å². The van der Waals surface area contributed by atoms with E-state index in [1.54, 1.807) is 0 Å². The largest absolute Gasteiger partial charge is 0.465 e. The lowest BCUT2D eigenvalue weighted by Gasteiger charge is -2.24. The third kappa shape index (κ3) is 2.07. The van der Waals surface area contributed by atoms with Gasteiger partial charge in [0.1, 0.15) is 0 Å². The average molecular weight is 206 g/mol. The van der Waals surface area contributed by atoms with Gasteiger partial charge in [0, 0.05) is 0 Å². The van der Waals surface area contributed by atoms with E-state index in [-0.39, 0.29) is 5.97 Å². The minimum atomic E-state index is -0.480. The van der Waals surface area contributed by atoms with Crippen molar-refractivity contribution in [2.45, 2.75) is 40.0 Å². The van der Waals surface area contributed by atoms with Crippen molar-refractivity contribution in [3.63, 3.8) is 0 Å². The molecule has 1 aliphatic rings. The molecule has 0 radical (unpaired) electrons. The number of carbonyl (C=O) groups excluding carboxylic acids is 1. The Labute approximate surface area is 91.7 Å². The van der Waals surface area contributed by atoms with Gasteiger partial charge in [0.25, 0.3) is 0 Å². The van der Waals surface area contributed by atoms with Gasteiger partial charge in [-0.05, 0) is 51.2 Å². The molecule has 1 atom stereocenters. The number of hydrogen-bond acceptors (Lipinski definition) is 2. The number of terminal acetylenes is 1. The topological polar surface area (TPSA) is 26.3 Å². The molecule has 2 nitrogen and oxygen atoms in total. The van der Waals surface area contributed by atoms with E-state index in [0.29, 0.717) is 6.61 Å². The Morgan fingerprint density at radius 3 is 2.87 bits per heavy atom. The summed E-state index contributed by atoms with van der Waals surface area (Å²) in [6.07, 6.45) is 8.17. The van der Waals surface area contributed by atoms with Crippen molar-refractivity contribution in [3.05, 3.63) is 11.1 Å². The van der Waals surface area contributed by atoms with Crippen LogP contribution in [0.2, 0.25) is 0 Å². The summed E-state index contributed by atoms with van der Waals surface area (Å²) in [5, 5.41) is 0. The lowest BCUT2D eigenvalue weighted by Crippen LogP contribution is -2.29. The smallest absolute Gasteiger partial charge is 0.315 e. The Hall–Kier alpha value is -1.23. The zero-order valence-electron chi connectivity index (χ0n) is 9.72. The van der Waals surface area contributed by atoms with E-state index >= 15 is 0 Å². The maximum atomic E-state index is 11.9. The number of allylic oxidation sites excluding steroid dienone is 1. The summed E-state index contributed by atoms with van der Waals surface area (Å²) >= 11 is 0. The predicted octanol–water partition coefficient (Wildman–Crippen LogP) is 2.69. The lowest BCUT2D eigenvalue weighted by molar-refractivity contribution is -0.151. The summed E-state index contributed by atoms with van der Waals surface area (Å²) in [5.41, 5.74) is 1.50. The SMILES string of the molecule is C#C/C(C)=C1/CCCC1(C)C(=O)OCC.